The lowest BCUT2D eigenvalue weighted by molar-refractivity contribution is -0.137. The quantitative estimate of drug-likeness (QED) is 0.614. The van der Waals surface area contributed by atoms with Crippen molar-refractivity contribution in [2.24, 2.45) is 0 Å². The molecule has 0 aromatic heterocycles. The van der Waals surface area contributed by atoms with Crippen LogP contribution in [0.4, 0.5) is 18.9 Å². The molecule has 1 aromatic rings. The van der Waals surface area contributed by atoms with Crippen LogP contribution >= 0.6 is 0 Å². The summed E-state index contributed by atoms with van der Waals surface area (Å²) in [6.45, 7) is 6.58. The van der Waals surface area contributed by atoms with Crippen molar-refractivity contribution in [1.29, 1.82) is 0 Å². The second kappa shape index (κ2) is 9.16. The van der Waals surface area contributed by atoms with Crippen LogP contribution in [-0.4, -0.2) is 17.7 Å². The third-order valence-corrected chi connectivity index (χ3v) is 4.28. The van der Waals surface area contributed by atoms with E-state index in [2.05, 4.69) is 18.7 Å². The van der Waals surface area contributed by atoms with E-state index in [1.807, 2.05) is 6.92 Å². The summed E-state index contributed by atoms with van der Waals surface area (Å²) in [7, 11) is 0. The van der Waals surface area contributed by atoms with Gasteiger partial charge in [0.05, 0.1) is 12.2 Å². The monoisotopic (exact) mass is 331 g/mol. The molecule has 0 bridgehead atoms. The Morgan fingerprint density at radius 2 is 1.83 bits per heavy atom. The summed E-state index contributed by atoms with van der Waals surface area (Å²) in [5.41, 5.74) is 0.349. The van der Waals surface area contributed by atoms with Crippen molar-refractivity contribution in [2.45, 2.75) is 71.7 Å². The van der Waals surface area contributed by atoms with Crippen LogP contribution < -0.4 is 4.90 Å². The Balaban J connectivity index is 3.08. The summed E-state index contributed by atoms with van der Waals surface area (Å²) >= 11 is 0. The molecule has 0 fully saturated rings. The van der Waals surface area contributed by atoms with Crippen molar-refractivity contribution in [3.8, 4) is 0 Å². The van der Waals surface area contributed by atoms with E-state index in [0.717, 1.165) is 44.2 Å². The zero-order chi connectivity index (χ0) is 17.5. The lowest BCUT2D eigenvalue weighted by Gasteiger charge is -2.34. The van der Waals surface area contributed by atoms with Gasteiger partial charge in [-0.1, -0.05) is 33.1 Å². The lowest BCUT2D eigenvalue weighted by Crippen LogP contribution is -2.35. The minimum atomic E-state index is -4.38. The standard InChI is InChI=1S/C18H28F3NO/c1-4-7-8-9-16(5-2)22(6-3)17-11-10-15(18(19,20)21)12-14(17)13-23/h10-12,16,23H,4-9,13H2,1-3H3. The van der Waals surface area contributed by atoms with Gasteiger partial charge in [0.2, 0.25) is 0 Å². The normalized spacial score (nSPS) is 13.2. The first kappa shape index (κ1) is 19.8. The number of alkyl halides is 3. The summed E-state index contributed by atoms with van der Waals surface area (Å²) in [6.07, 6.45) is 0.984. The Bertz CT molecular complexity index is 474. The zero-order valence-electron chi connectivity index (χ0n) is 14.3. The van der Waals surface area contributed by atoms with Crippen LogP contribution in [0.25, 0.3) is 0 Å². The molecule has 1 unspecified atom stereocenters. The molecular weight excluding hydrogens is 303 g/mol. The maximum absolute atomic E-state index is 12.9. The van der Waals surface area contributed by atoms with E-state index in [1.54, 1.807) is 0 Å². The summed E-state index contributed by atoms with van der Waals surface area (Å²) in [4.78, 5) is 2.13. The molecule has 1 atom stereocenters. The summed E-state index contributed by atoms with van der Waals surface area (Å²) in [5, 5.41) is 9.53. The molecule has 132 valence electrons. The van der Waals surface area contributed by atoms with Gasteiger partial charge in [-0.2, -0.15) is 13.2 Å². The number of aliphatic hydroxyl groups excluding tert-OH is 1. The van der Waals surface area contributed by atoms with Gasteiger partial charge in [-0.15, -0.1) is 0 Å². The van der Waals surface area contributed by atoms with E-state index in [1.165, 1.54) is 6.07 Å². The van der Waals surface area contributed by atoms with Crippen molar-refractivity contribution in [3.63, 3.8) is 0 Å². The number of hydrogen-bond acceptors (Lipinski definition) is 2. The van der Waals surface area contributed by atoms with Crippen LogP contribution in [0.15, 0.2) is 18.2 Å². The molecule has 5 heteroatoms. The molecule has 0 saturated heterocycles. The first-order valence-corrected chi connectivity index (χ1v) is 8.46. The average Bonchev–Trinajstić information content (AvgIpc) is 2.53. The Kier molecular flexibility index (Phi) is 7.89. The van der Waals surface area contributed by atoms with Gasteiger partial charge in [0.15, 0.2) is 0 Å². The highest BCUT2D eigenvalue weighted by Gasteiger charge is 2.31. The summed E-state index contributed by atoms with van der Waals surface area (Å²) in [6, 6.07) is 3.96. The highest BCUT2D eigenvalue weighted by Crippen LogP contribution is 2.34. The number of halogens is 3. The maximum atomic E-state index is 12.9. The smallest absolute Gasteiger partial charge is 0.392 e. The average molecular weight is 331 g/mol. The van der Waals surface area contributed by atoms with Crippen LogP contribution in [-0.2, 0) is 12.8 Å². The van der Waals surface area contributed by atoms with Gasteiger partial charge in [-0.25, -0.2) is 0 Å². The van der Waals surface area contributed by atoms with Crippen LogP contribution in [0.5, 0.6) is 0 Å². The number of anilines is 1. The molecule has 0 radical (unpaired) electrons. The van der Waals surface area contributed by atoms with E-state index in [9.17, 15) is 18.3 Å². The highest BCUT2D eigenvalue weighted by molar-refractivity contribution is 5.56. The van der Waals surface area contributed by atoms with Gasteiger partial charge in [-0.05, 0) is 38.0 Å². The number of nitrogens with zero attached hydrogens (tertiary/aromatic N) is 1. The molecule has 1 rings (SSSR count). The third kappa shape index (κ3) is 5.41. The first-order chi connectivity index (χ1) is 10.9. The number of benzene rings is 1. The fourth-order valence-corrected chi connectivity index (χ4v) is 3.00. The predicted molar refractivity (Wildman–Crippen MR) is 88.6 cm³/mol. The highest BCUT2D eigenvalue weighted by atomic mass is 19.4. The summed E-state index contributed by atoms with van der Waals surface area (Å²) in [5.74, 6) is 0. The van der Waals surface area contributed by atoms with Gasteiger partial charge >= 0.3 is 6.18 Å². The van der Waals surface area contributed by atoms with Crippen molar-refractivity contribution < 1.29 is 18.3 Å². The van der Waals surface area contributed by atoms with E-state index in [4.69, 9.17) is 0 Å². The Hall–Kier alpha value is -1.23. The maximum Gasteiger partial charge on any atom is 0.416 e. The van der Waals surface area contributed by atoms with Crippen LogP contribution in [0.1, 0.15) is 64.0 Å². The van der Waals surface area contributed by atoms with Gasteiger partial charge in [0, 0.05) is 23.8 Å². The van der Waals surface area contributed by atoms with Crippen LogP contribution in [0.3, 0.4) is 0 Å². The Morgan fingerprint density at radius 3 is 2.30 bits per heavy atom. The van der Waals surface area contributed by atoms with E-state index < -0.39 is 11.7 Å². The largest absolute Gasteiger partial charge is 0.416 e. The lowest BCUT2D eigenvalue weighted by atomic mass is 10.0. The van der Waals surface area contributed by atoms with Crippen molar-refractivity contribution in [3.05, 3.63) is 29.3 Å². The van der Waals surface area contributed by atoms with Gasteiger partial charge in [0.25, 0.3) is 0 Å². The predicted octanol–water partition coefficient (Wildman–Crippen LogP) is 5.38. The summed E-state index contributed by atoms with van der Waals surface area (Å²) < 4.78 is 38.6. The SMILES string of the molecule is CCCCCC(CC)N(CC)c1ccc(C(F)(F)F)cc1CO. The molecule has 0 aliphatic rings. The van der Waals surface area contributed by atoms with E-state index in [-0.39, 0.29) is 12.6 Å². The fraction of sp³-hybridized carbons (Fsp3) is 0.667. The Labute approximate surface area is 137 Å². The number of rotatable bonds is 9. The number of unbranched alkanes of at least 4 members (excludes halogenated alkanes) is 2. The Morgan fingerprint density at radius 1 is 1.13 bits per heavy atom. The topological polar surface area (TPSA) is 23.5 Å². The minimum absolute atomic E-state index is 0.286. The second-order valence-corrected chi connectivity index (χ2v) is 5.84. The number of hydrogen-bond donors (Lipinski definition) is 1. The van der Waals surface area contributed by atoms with Crippen LogP contribution in [0.2, 0.25) is 0 Å². The van der Waals surface area contributed by atoms with E-state index in [0.29, 0.717) is 17.8 Å². The molecule has 2 nitrogen and oxygen atoms in total. The molecule has 1 aromatic carbocycles. The zero-order valence-corrected chi connectivity index (χ0v) is 14.3. The van der Waals surface area contributed by atoms with Gasteiger partial charge < -0.3 is 10.0 Å². The van der Waals surface area contributed by atoms with Crippen molar-refractivity contribution >= 4 is 5.69 Å². The van der Waals surface area contributed by atoms with Gasteiger partial charge in [-0.3, -0.25) is 0 Å². The number of aliphatic hydroxyl groups is 1. The second-order valence-electron chi connectivity index (χ2n) is 5.84. The molecule has 0 aliphatic heterocycles. The molecule has 23 heavy (non-hydrogen) atoms. The molecular formula is C18H28F3NO. The molecule has 0 aliphatic carbocycles. The van der Waals surface area contributed by atoms with Gasteiger partial charge in [0.1, 0.15) is 0 Å². The van der Waals surface area contributed by atoms with Crippen LogP contribution in [0, 0.1) is 0 Å². The molecule has 0 spiro atoms. The molecule has 0 saturated carbocycles. The fourth-order valence-electron chi connectivity index (χ4n) is 3.00. The first-order valence-electron chi connectivity index (χ1n) is 8.46. The molecule has 0 amide bonds. The minimum Gasteiger partial charge on any atom is -0.392 e. The molecule has 1 N–H and O–H groups in total. The van der Waals surface area contributed by atoms with Crippen molar-refractivity contribution in [1.82, 2.24) is 0 Å². The molecule has 0 heterocycles. The van der Waals surface area contributed by atoms with E-state index >= 15 is 0 Å². The van der Waals surface area contributed by atoms with Crippen molar-refractivity contribution in [2.75, 3.05) is 11.4 Å². The third-order valence-electron chi connectivity index (χ3n) is 4.28.